The Kier molecular flexibility index (Phi) is 4.21. The smallest absolute Gasteiger partial charge is 0.254 e. The molecular weight excluding hydrogens is 322 g/mol. The van der Waals surface area contributed by atoms with Crippen LogP contribution in [-0.2, 0) is 0 Å². The summed E-state index contributed by atoms with van der Waals surface area (Å²) >= 11 is 0. The Bertz CT molecular complexity index is 743. The van der Waals surface area contributed by atoms with Gasteiger partial charge in [-0.3, -0.25) is 4.79 Å². The third-order valence-electron chi connectivity index (χ3n) is 4.71. The van der Waals surface area contributed by atoms with Gasteiger partial charge in [0, 0.05) is 31.0 Å². The van der Waals surface area contributed by atoms with Gasteiger partial charge in [0.25, 0.3) is 5.91 Å². The predicted molar refractivity (Wildman–Crippen MR) is 90.4 cm³/mol. The van der Waals surface area contributed by atoms with Crippen LogP contribution in [0.4, 0.5) is 0 Å². The van der Waals surface area contributed by atoms with E-state index < -0.39 is 0 Å². The lowest BCUT2D eigenvalue weighted by Gasteiger charge is -2.33. The number of methoxy groups -OCH3 is 1. The number of imidazole rings is 1. The zero-order chi connectivity index (χ0) is 17.2. The van der Waals surface area contributed by atoms with Crippen molar-refractivity contribution >= 4 is 5.91 Å². The van der Waals surface area contributed by atoms with Crippen LogP contribution in [0.3, 0.4) is 0 Å². The number of nitrogens with zero attached hydrogens (tertiary/aromatic N) is 3. The molecular formula is C18H21N3O4. The second kappa shape index (κ2) is 6.66. The average Bonchev–Trinajstić information content (AvgIpc) is 3.21. The highest BCUT2D eigenvalue weighted by Crippen LogP contribution is 2.40. The summed E-state index contributed by atoms with van der Waals surface area (Å²) in [6.07, 6.45) is 7.55. The van der Waals surface area contributed by atoms with Crippen molar-refractivity contribution in [1.82, 2.24) is 14.5 Å². The molecule has 3 heterocycles. The minimum absolute atomic E-state index is 0.0138. The highest BCUT2D eigenvalue weighted by molar-refractivity contribution is 5.95. The molecule has 0 saturated carbocycles. The SMILES string of the molecule is COc1cc(C(=O)N2CCC[C@H](n3ccnc3)C2)cc2c1OCCO2. The lowest BCUT2D eigenvalue weighted by Crippen LogP contribution is -2.40. The van der Waals surface area contributed by atoms with Crippen LogP contribution in [0.1, 0.15) is 29.2 Å². The van der Waals surface area contributed by atoms with Crippen LogP contribution in [-0.4, -0.2) is 53.8 Å². The molecule has 1 aromatic carbocycles. The summed E-state index contributed by atoms with van der Waals surface area (Å²) in [4.78, 5) is 19.0. The molecule has 0 aliphatic carbocycles. The Labute approximate surface area is 146 Å². The highest BCUT2D eigenvalue weighted by atomic mass is 16.6. The number of hydrogen-bond donors (Lipinski definition) is 0. The maximum Gasteiger partial charge on any atom is 0.254 e. The molecule has 2 aliphatic heterocycles. The molecule has 7 nitrogen and oxygen atoms in total. The molecule has 1 saturated heterocycles. The van der Waals surface area contributed by atoms with Gasteiger partial charge in [0.1, 0.15) is 13.2 Å². The maximum atomic E-state index is 13.0. The Morgan fingerprint density at radius 1 is 1.32 bits per heavy atom. The van der Waals surface area contributed by atoms with Crippen molar-refractivity contribution in [3.8, 4) is 17.2 Å². The number of benzene rings is 1. The van der Waals surface area contributed by atoms with Crippen molar-refractivity contribution < 1.29 is 19.0 Å². The first-order valence-electron chi connectivity index (χ1n) is 8.50. The van der Waals surface area contributed by atoms with Crippen LogP contribution in [0.25, 0.3) is 0 Å². The summed E-state index contributed by atoms with van der Waals surface area (Å²) in [6, 6.07) is 3.75. The topological polar surface area (TPSA) is 65.8 Å². The van der Waals surface area contributed by atoms with E-state index in [1.54, 1.807) is 25.4 Å². The van der Waals surface area contributed by atoms with Crippen LogP contribution < -0.4 is 14.2 Å². The second-order valence-corrected chi connectivity index (χ2v) is 6.26. The highest BCUT2D eigenvalue weighted by Gasteiger charge is 2.27. The number of rotatable bonds is 3. The molecule has 25 heavy (non-hydrogen) atoms. The molecule has 7 heteroatoms. The largest absolute Gasteiger partial charge is 0.493 e. The van der Waals surface area contributed by atoms with E-state index in [2.05, 4.69) is 9.55 Å². The van der Waals surface area contributed by atoms with E-state index in [9.17, 15) is 4.79 Å². The number of aromatic nitrogens is 2. The van der Waals surface area contributed by atoms with Crippen molar-refractivity contribution in [1.29, 1.82) is 0 Å². The van der Waals surface area contributed by atoms with Gasteiger partial charge >= 0.3 is 0 Å². The zero-order valence-electron chi connectivity index (χ0n) is 14.2. The number of fused-ring (bicyclic) bond motifs is 1. The first-order chi connectivity index (χ1) is 12.3. The molecule has 0 spiro atoms. The van der Waals surface area contributed by atoms with Gasteiger partial charge in [-0.1, -0.05) is 0 Å². The van der Waals surface area contributed by atoms with Gasteiger partial charge in [-0.15, -0.1) is 0 Å². The first kappa shape index (κ1) is 15.8. The lowest BCUT2D eigenvalue weighted by atomic mass is 10.0. The molecule has 132 valence electrons. The fourth-order valence-electron chi connectivity index (χ4n) is 3.45. The van der Waals surface area contributed by atoms with E-state index in [1.165, 1.54) is 0 Å². The molecule has 1 atom stereocenters. The molecule has 2 aliphatic rings. The summed E-state index contributed by atoms with van der Waals surface area (Å²) in [5, 5.41) is 0. The van der Waals surface area contributed by atoms with Crippen molar-refractivity contribution in [2.45, 2.75) is 18.9 Å². The van der Waals surface area contributed by atoms with Crippen LogP contribution in [0, 0.1) is 0 Å². The van der Waals surface area contributed by atoms with Gasteiger partial charge in [0.15, 0.2) is 11.5 Å². The van der Waals surface area contributed by atoms with Crippen LogP contribution >= 0.6 is 0 Å². The maximum absolute atomic E-state index is 13.0. The normalized spacial score (nSPS) is 19.6. The van der Waals surface area contributed by atoms with Crippen LogP contribution in [0.2, 0.25) is 0 Å². The van der Waals surface area contributed by atoms with Crippen molar-refractivity contribution in [2.24, 2.45) is 0 Å². The average molecular weight is 343 g/mol. The van der Waals surface area contributed by atoms with Gasteiger partial charge in [-0.25, -0.2) is 4.98 Å². The molecule has 1 aromatic heterocycles. The first-order valence-corrected chi connectivity index (χ1v) is 8.50. The van der Waals surface area contributed by atoms with E-state index in [0.29, 0.717) is 42.6 Å². The quantitative estimate of drug-likeness (QED) is 0.854. The monoisotopic (exact) mass is 343 g/mol. The fraction of sp³-hybridized carbons (Fsp3) is 0.444. The lowest BCUT2D eigenvalue weighted by molar-refractivity contribution is 0.0677. The molecule has 0 radical (unpaired) electrons. The molecule has 0 N–H and O–H groups in total. The van der Waals surface area contributed by atoms with Gasteiger partial charge in [0.2, 0.25) is 5.75 Å². The third kappa shape index (κ3) is 3.01. The van der Waals surface area contributed by atoms with Gasteiger partial charge in [-0.2, -0.15) is 0 Å². The van der Waals surface area contributed by atoms with Crippen molar-refractivity contribution in [2.75, 3.05) is 33.4 Å². The van der Waals surface area contributed by atoms with Gasteiger partial charge in [-0.05, 0) is 25.0 Å². The summed E-state index contributed by atoms with van der Waals surface area (Å²) in [5.74, 6) is 1.65. The minimum atomic E-state index is -0.0138. The van der Waals surface area contributed by atoms with E-state index in [-0.39, 0.29) is 11.9 Å². The van der Waals surface area contributed by atoms with E-state index >= 15 is 0 Å². The molecule has 4 rings (SSSR count). The van der Waals surface area contributed by atoms with Gasteiger partial charge < -0.3 is 23.7 Å². The zero-order valence-corrected chi connectivity index (χ0v) is 14.2. The Balaban J connectivity index is 1.58. The van der Waals surface area contributed by atoms with Crippen LogP contribution in [0.15, 0.2) is 30.9 Å². The van der Waals surface area contributed by atoms with Gasteiger partial charge in [0.05, 0.1) is 19.5 Å². The number of amides is 1. The molecule has 1 fully saturated rings. The Morgan fingerprint density at radius 2 is 2.20 bits per heavy atom. The summed E-state index contributed by atoms with van der Waals surface area (Å²) in [7, 11) is 1.57. The Hall–Kier alpha value is -2.70. The molecule has 2 aromatic rings. The molecule has 1 amide bonds. The number of hydrogen-bond acceptors (Lipinski definition) is 5. The number of likely N-dealkylation sites (tertiary alicyclic amines) is 1. The summed E-state index contributed by atoms with van der Waals surface area (Å²) < 4.78 is 18.7. The molecule has 0 unspecified atom stereocenters. The predicted octanol–water partition coefficient (Wildman–Crippen LogP) is 2.14. The number of ether oxygens (including phenoxy) is 3. The molecule has 0 bridgehead atoms. The third-order valence-corrected chi connectivity index (χ3v) is 4.71. The van der Waals surface area contributed by atoms with Crippen molar-refractivity contribution in [3.63, 3.8) is 0 Å². The Morgan fingerprint density at radius 3 is 3.00 bits per heavy atom. The van der Waals surface area contributed by atoms with Crippen LogP contribution in [0.5, 0.6) is 17.2 Å². The fourth-order valence-corrected chi connectivity index (χ4v) is 3.45. The van der Waals surface area contributed by atoms with Crippen molar-refractivity contribution in [3.05, 3.63) is 36.4 Å². The number of carbonyl (C=O) groups is 1. The summed E-state index contributed by atoms with van der Waals surface area (Å²) in [6.45, 7) is 2.38. The second-order valence-electron chi connectivity index (χ2n) is 6.26. The number of carbonyl (C=O) groups excluding carboxylic acids is 1. The minimum Gasteiger partial charge on any atom is -0.493 e. The number of piperidine rings is 1. The van der Waals surface area contributed by atoms with E-state index in [1.807, 2.05) is 17.4 Å². The van der Waals surface area contributed by atoms with E-state index in [4.69, 9.17) is 14.2 Å². The van der Waals surface area contributed by atoms with E-state index in [0.717, 1.165) is 19.4 Å². The summed E-state index contributed by atoms with van der Waals surface area (Å²) in [5.41, 5.74) is 0.562. The standard InChI is InChI=1S/C18H21N3O4/c1-23-15-9-13(10-16-17(15)25-8-7-24-16)18(22)20-5-2-3-14(11-20)21-6-4-19-12-21/h4,6,9-10,12,14H,2-3,5,7-8,11H2,1H3/t14-/m0/s1.